The minimum atomic E-state index is -4.95. The van der Waals surface area contributed by atoms with Gasteiger partial charge in [0.1, 0.15) is 5.56 Å². The van der Waals surface area contributed by atoms with Crippen molar-refractivity contribution in [1.82, 2.24) is 9.97 Å². The summed E-state index contributed by atoms with van der Waals surface area (Å²) in [6.45, 7) is 1.97. The Hall–Kier alpha value is -2.52. The van der Waals surface area contributed by atoms with E-state index < -0.39 is 30.4 Å². The number of halogens is 6. The number of para-hydroxylation sites is 1. The minimum Gasteiger partial charge on any atom is -0.467 e. The highest BCUT2D eigenvalue weighted by molar-refractivity contribution is 5.62. The van der Waals surface area contributed by atoms with Gasteiger partial charge in [-0.05, 0) is 17.5 Å². The molecule has 1 heterocycles. The smallest absolute Gasteiger partial charge is 0.423 e. The molecule has 0 unspecified atom stereocenters. The van der Waals surface area contributed by atoms with Crippen LogP contribution in [0.4, 0.5) is 38.0 Å². The largest absolute Gasteiger partial charge is 0.467 e. The van der Waals surface area contributed by atoms with Crippen LogP contribution in [-0.2, 0) is 6.18 Å². The van der Waals surface area contributed by atoms with E-state index in [1.807, 2.05) is 19.9 Å². The average Bonchev–Trinajstić information content (AvgIpc) is 2.57. The summed E-state index contributed by atoms with van der Waals surface area (Å²) in [7, 11) is 1.51. The van der Waals surface area contributed by atoms with Crippen molar-refractivity contribution < 1.29 is 31.1 Å². The fourth-order valence-corrected chi connectivity index (χ4v) is 2.36. The first kappa shape index (κ1) is 20.8. The zero-order chi connectivity index (χ0) is 20.4. The molecule has 0 aliphatic heterocycles. The van der Waals surface area contributed by atoms with Crippen LogP contribution < -0.4 is 9.64 Å². The van der Waals surface area contributed by atoms with Gasteiger partial charge in [-0.1, -0.05) is 32.0 Å². The summed E-state index contributed by atoms with van der Waals surface area (Å²) in [5, 5.41) is 0. The Kier molecular flexibility index (Phi) is 5.86. The molecule has 2 aromatic rings. The van der Waals surface area contributed by atoms with Gasteiger partial charge in [0, 0.05) is 18.9 Å². The molecule has 2 rings (SSSR count). The Morgan fingerprint density at radius 3 is 2.26 bits per heavy atom. The molecule has 0 fully saturated rings. The van der Waals surface area contributed by atoms with Crippen LogP contribution in [0.15, 0.2) is 30.5 Å². The van der Waals surface area contributed by atoms with Crippen molar-refractivity contribution in [3.8, 4) is 5.88 Å². The van der Waals surface area contributed by atoms with E-state index in [-0.39, 0.29) is 11.9 Å². The number of aromatic nitrogens is 2. The van der Waals surface area contributed by atoms with Gasteiger partial charge in [0.25, 0.3) is 0 Å². The van der Waals surface area contributed by atoms with E-state index in [2.05, 4.69) is 14.7 Å². The molecule has 0 atom stereocenters. The molecule has 0 amide bonds. The van der Waals surface area contributed by atoms with E-state index in [0.29, 0.717) is 11.9 Å². The summed E-state index contributed by atoms with van der Waals surface area (Å²) < 4.78 is 80.6. The fourth-order valence-electron chi connectivity index (χ4n) is 2.36. The summed E-state index contributed by atoms with van der Waals surface area (Å²) in [4.78, 5) is 8.65. The number of benzene rings is 1. The van der Waals surface area contributed by atoms with E-state index in [0.717, 1.165) is 5.56 Å². The lowest BCUT2D eigenvalue weighted by atomic mass is 10.0. The summed E-state index contributed by atoms with van der Waals surface area (Å²) in [6.07, 6.45) is -9.33. The van der Waals surface area contributed by atoms with Gasteiger partial charge >= 0.3 is 12.4 Å². The van der Waals surface area contributed by atoms with Gasteiger partial charge in [-0.15, -0.1) is 0 Å². The summed E-state index contributed by atoms with van der Waals surface area (Å²) in [6, 6.07) is 7.08. The second-order valence-corrected chi connectivity index (χ2v) is 6.06. The van der Waals surface area contributed by atoms with Gasteiger partial charge in [-0.25, -0.2) is 4.98 Å². The summed E-state index contributed by atoms with van der Waals surface area (Å²) in [5.41, 5.74) is 0.0244. The Morgan fingerprint density at radius 2 is 1.70 bits per heavy atom. The maximum atomic E-state index is 13.0. The molecule has 0 bridgehead atoms. The topological polar surface area (TPSA) is 38.2 Å². The maximum Gasteiger partial charge on any atom is 0.423 e. The van der Waals surface area contributed by atoms with Crippen LogP contribution in [0, 0.1) is 0 Å². The van der Waals surface area contributed by atoms with Crippen molar-refractivity contribution in [2.45, 2.75) is 32.1 Å². The van der Waals surface area contributed by atoms with E-state index in [9.17, 15) is 26.3 Å². The number of hydrogen-bond donors (Lipinski definition) is 0. The van der Waals surface area contributed by atoms with Crippen LogP contribution in [0.3, 0.4) is 0 Å². The highest BCUT2D eigenvalue weighted by Gasteiger charge is 2.38. The molecule has 10 heteroatoms. The van der Waals surface area contributed by atoms with Crippen molar-refractivity contribution in [2.75, 3.05) is 18.6 Å². The molecule has 0 saturated carbocycles. The molecule has 0 spiro atoms. The van der Waals surface area contributed by atoms with Gasteiger partial charge in [-0.2, -0.15) is 31.3 Å². The summed E-state index contributed by atoms with van der Waals surface area (Å²) in [5.74, 6) is -1.29. The molecule has 0 aliphatic rings. The van der Waals surface area contributed by atoms with Crippen LogP contribution in [-0.4, -0.2) is 29.8 Å². The number of anilines is 2. The standard InChI is InChI=1S/C17H17F6N3O/c1-10(2)11-6-4-5-7-13(11)26(3)15-24-8-12(17(21,22)23)14(25-15)27-9-16(18,19)20/h4-8,10H,9H2,1-3H3. The number of nitrogens with zero attached hydrogens (tertiary/aromatic N) is 3. The zero-order valence-electron chi connectivity index (χ0n) is 14.7. The molecule has 4 nitrogen and oxygen atoms in total. The predicted octanol–water partition coefficient (Wildman–Crippen LogP) is 5.33. The second kappa shape index (κ2) is 7.61. The molecular weight excluding hydrogens is 376 g/mol. The van der Waals surface area contributed by atoms with E-state index >= 15 is 0 Å². The first-order valence-electron chi connectivity index (χ1n) is 7.86. The number of alkyl halides is 6. The third-order valence-corrected chi connectivity index (χ3v) is 3.64. The first-order chi connectivity index (χ1) is 12.4. The molecule has 27 heavy (non-hydrogen) atoms. The normalized spacial score (nSPS) is 12.4. The predicted molar refractivity (Wildman–Crippen MR) is 87.2 cm³/mol. The molecular formula is C17H17F6N3O. The number of hydrogen-bond acceptors (Lipinski definition) is 4. The van der Waals surface area contributed by atoms with E-state index in [4.69, 9.17) is 0 Å². The molecule has 0 radical (unpaired) electrons. The Balaban J connectivity index is 2.46. The number of rotatable bonds is 5. The van der Waals surface area contributed by atoms with Crippen molar-refractivity contribution >= 4 is 11.6 Å². The zero-order valence-corrected chi connectivity index (χ0v) is 14.7. The van der Waals surface area contributed by atoms with Crippen LogP contribution in [0.1, 0.15) is 30.9 Å². The maximum absolute atomic E-state index is 13.0. The van der Waals surface area contributed by atoms with Crippen LogP contribution in [0.5, 0.6) is 5.88 Å². The monoisotopic (exact) mass is 393 g/mol. The Bertz CT molecular complexity index is 789. The molecule has 0 saturated heterocycles. The second-order valence-electron chi connectivity index (χ2n) is 6.06. The Morgan fingerprint density at radius 1 is 1.07 bits per heavy atom. The SMILES string of the molecule is CC(C)c1ccccc1N(C)c1ncc(C(F)(F)F)c(OCC(F)(F)F)n1. The lowest BCUT2D eigenvalue weighted by Gasteiger charge is -2.23. The van der Waals surface area contributed by atoms with Crippen LogP contribution in [0.2, 0.25) is 0 Å². The molecule has 1 aromatic carbocycles. The van der Waals surface area contributed by atoms with Crippen molar-refractivity contribution in [1.29, 1.82) is 0 Å². The molecule has 0 N–H and O–H groups in total. The van der Waals surface area contributed by atoms with Gasteiger partial charge < -0.3 is 9.64 Å². The average molecular weight is 393 g/mol. The van der Waals surface area contributed by atoms with E-state index in [1.165, 1.54) is 11.9 Å². The van der Waals surface area contributed by atoms with Crippen molar-refractivity contribution in [3.63, 3.8) is 0 Å². The van der Waals surface area contributed by atoms with Crippen LogP contribution >= 0.6 is 0 Å². The molecule has 148 valence electrons. The Labute approximate surface area is 151 Å². The number of ether oxygens (including phenoxy) is 1. The van der Waals surface area contributed by atoms with Gasteiger partial charge in [-0.3, -0.25) is 0 Å². The lowest BCUT2D eigenvalue weighted by Crippen LogP contribution is -2.23. The fraction of sp³-hybridized carbons (Fsp3) is 0.412. The van der Waals surface area contributed by atoms with Crippen molar-refractivity contribution in [2.24, 2.45) is 0 Å². The van der Waals surface area contributed by atoms with Gasteiger partial charge in [0.05, 0.1) is 0 Å². The third kappa shape index (κ3) is 5.24. The highest BCUT2D eigenvalue weighted by atomic mass is 19.4. The minimum absolute atomic E-state index is 0.0963. The van der Waals surface area contributed by atoms with Gasteiger partial charge in [0.15, 0.2) is 6.61 Å². The highest BCUT2D eigenvalue weighted by Crippen LogP contribution is 2.37. The first-order valence-corrected chi connectivity index (χ1v) is 7.86. The summed E-state index contributed by atoms with van der Waals surface area (Å²) >= 11 is 0. The lowest BCUT2D eigenvalue weighted by molar-refractivity contribution is -0.159. The van der Waals surface area contributed by atoms with Crippen LogP contribution in [0.25, 0.3) is 0 Å². The third-order valence-electron chi connectivity index (χ3n) is 3.64. The van der Waals surface area contributed by atoms with Crippen molar-refractivity contribution in [3.05, 3.63) is 41.6 Å². The van der Waals surface area contributed by atoms with E-state index in [1.54, 1.807) is 18.2 Å². The van der Waals surface area contributed by atoms with Gasteiger partial charge in [0.2, 0.25) is 11.8 Å². The molecule has 1 aromatic heterocycles. The molecule has 0 aliphatic carbocycles. The quantitative estimate of drug-likeness (QED) is 0.644.